The SMILES string of the molecule is Cc1noc(C)c1-c1cc(NC2CCNCC2)nc(-c2cccc(OCC(CN(C)C(=O)OC(C)(C)C)O[Si](C)(C)C(C)(C)C)c2)n1. The summed E-state index contributed by atoms with van der Waals surface area (Å²) in [7, 11) is -0.456. The highest BCUT2D eigenvalue weighted by atomic mass is 28.4. The van der Waals surface area contributed by atoms with E-state index in [1.165, 1.54) is 0 Å². The van der Waals surface area contributed by atoms with Crippen molar-refractivity contribution in [3.8, 4) is 28.4 Å². The van der Waals surface area contributed by atoms with E-state index in [2.05, 4.69) is 49.7 Å². The summed E-state index contributed by atoms with van der Waals surface area (Å²) in [6.45, 7) is 22.9. The molecular formula is C35H54N6O5Si. The number of anilines is 1. The Balaban J connectivity index is 1.60. The average molecular weight is 667 g/mol. The average Bonchev–Trinajstić information content (AvgIpc) is 3.32. The quantitative estimate of drug-likeness (QED) is 0.203. The van der Waals surface area contributed by atoms with Crippen LogP contribution in [0, 0.1) is 13.8 Å². The first kappa shape index (κ1) is 36.4. The van der Waals surface area contributed by atoms with E-state index >= 15 is 0 Å². The minimum atomic E-state index is -2.19. The Morgan fingerprint density at radius 2 is 1.81 bits per heavy atom. The molecule has 258 valence electrons. The van der Waals surface area contributed by atoms with Crippen LogP contribution in [0.4, 0.5) is 10.6 Å². The number of amides is 1. The molecule has 1 aliphatic rings. The minimum absolute atomic E-state index is 0.0148. The zero-order valence-corrected chi connectivity index (χ0v) is 31.1. The zero-order chi connectivity index (χ0) is 34.6. The van der Waals surface area contributed by atoms with Crippen molar-refractivity contribution in [2.45, 2.75) is 104 Å². The number of carbonyl (C=O) groups is 1. The maximum atomic E-state index is 12.8. The molecule has 3 heterocycles. The van der Waals surface area contributed by atoms with Crippen LogP contribution in [0.3, 0.4) is 0 Å². The Kier molecular flexibility index (Phi) is 11.4. The molecule has 1 aliphatic heterocycles. The van der Waals surface area contributed by atoms with Crippen molar-refractivity contribution >= 4 is 20.2 Å². The number of aryl methyl sites for hydroxylation is 2. The molecule has 4 rings (SSSR count). The van der Waals surface area contributed by atoms with E-state index < -0.39 is 20.0 Å². The van der Waals surface area contributed by atoms with Crippen molar-refractivity contribution in [1.29, 1.82) is 0 Å². The number of benzene rings is 1. The van der Waals surface area contributed by atoms with Crippen molar-refractivity contribution in [1.82, 2.24) is 25.3 Å². The molecule has 47 heavy (non-hydrogen) atoms. The van der Waals surface area contributed by atoms with Crippen LogP contribution in [-0.4, -0.2) is 85.5 Å². The standard InChI is InChI=1S/C35H54N6O5Si/c1-23-31(24(2)45-40-23)29-20-30(37-26-15-17-36-18-16-26)39-32(38-29)25-13-12-14-27(19-25)43-22-28(46-47(10,11)35(6,7)8)21-41(9)33(42)44-34(3,4)5/h12-14,19-20,26,28,36H,15-18,21-22H2,1-11H3,(H,37,38,39). The molecular weight excluding hydrogens is 613 g/mol. The first-order valence-electron chi connectivity index (χ1n) is 16.6. The van der Waals surface area contributed by atoms with Crippen LogP contribution in [0.2, 0.25) is 18.1 Å². The number of ether oxygens (including phenoxy) is 2. The van der Waals surface area contributed by atoms with Crippen LogP contribution >= 0.6 is 0 Å². The number of aromatic nitrogens is 3. The van der Waals surface area contributed by atoms with Gasteiger partial charge in [-0.05, 0) is 90.8 Å². The van der Waals surface area contributed by atoms with Crippen LogP contribution in [-0.2, 0) is 9.16 Å². The number of likely N-dealkylation sites (N-methyl/N-ethyl adjacent to an activating group) is 1. The third-order valence-electron chi connectivity index (χ3n) is 8.69. The van der Waals surface area contributed by atoms with Crippen molar-refractivity contribution in [2.24, 2.45) is 0 Å². The molecule has 1 saturated heterocycles. The van der Waals surface area contributed by atoms with Crippen LogP contribution in [0.1, 0.15) is 65.8 Å². The van der Waals surface area contributed by atoms with Crippen LogP contribution < -0.4 is 15.4 Å². The summed E-state index contributed by atoms with van der Waals surface area (Å²) in [5.74, 6) is 2.70. The van der Waals surface area contributed by atoms with Gasteiger partial charge in [0.2, 0.25) is 0 Å². The van der Waals surface area contributed by atoms with Crippen LogP contribution in [0.25, 0.3) is 22.6 Å². The summed E-state index contributed by atoms with van der Waals surface area (Å²) in [6, 6.07) is 10.1. The number of hydrogen-bond donors (Lipinski definition) is 2. The lowest BCUT2D eigenvalue weighted by molar-refractivity contribution is 0.0172. The Bertz CT molecular complexity index is 1490. The maximum Gasteiger partial charge on any atom is 0.410 e. The molecule has 1 unspecified atom stereocenters. The molecule has 2 aromatic heterocycles. The number of carbonyl (C=O) groups excluding carboxylic acids is 1. The van der Waals surface area contributed by atoms with E-state index in [9.17, 15) is 4.79 Å². The first-order chi connectivity index (χ1) is 21.9. The second kappa shape index (κ2) is 14.7. The fraction of sp³-hybridized carbons (Fsp3) is 0.600. The Labute approximate surface area is 281 Å². The molecule has 12 heteroatoms. The van der Waals surface area contributed by atoms with Crippen molar-refractivity contribution in [3.05, 3.63) is 41.8 Å². The third-order valence-corrected chi connectivity index (χ3v) is 13.2. The molecule has 11 nitrogen and oxygen atoms in total. The van der Waals surface area contributed by atoms with E-state index in [1.54, 1.807) is 11.9 Å². The summed E-state index contributed by atoms with van der Waals surface area (Å²) < 4.78 is 24.2. The number of rotatable bonds is 11. The molecule has 0 radical (unpaired) electrons. The molecule has 1 aromatic carbocycles. The number of nitrogens with one attached hydrogen (secondary N) is 2. The second-order valence-corrected chi connectivity index (χ2v) is 19.8. The maximum absolute atomic E-state index is 12.8. The van der Waals surface area contributed by atoms with Crippen molar-refractivity contribution < 1.29 is 23.2 Å². The fourth-order valence-corrected chi connectivity index (χ4v) is 6.48. The molecule has 2 N–H and O–H groups in total. The van der Waals surface area contributed by atoms with Gasteiger partial charge in [-0.15, -0.1) is 0 Å². The number of piperidine rings is 1. The van der Waals surface area contributed by atoms with Crippen LogP contribution in [0.15, 0.2) is 34.9 Å². The lowest BCUT2D eigenvalue weighted by atomic mass is 10.1. The molecule has 0 saturated carbocycles. The van der Waals surface area contributed by atoms with Gasteiger partial charge in [0, 0.05) is 24.7 Å². The van der Waals surface area contributed by atoms with Crippen molar-refractivity contribution in [2.75, 3.05) is 38.6 Å². The first-order valence-corrected chi connectivity index (χ1v) is 19.5. The predicted octanol–water partition coefficient (Wildman–Crippen LogP) is 7.22. The highest BCUT2D eigenvalue weighted by molar-refractivity contribution is 6.74. The van der Waals surface area contributed by atoms with Crippen molar-refractivity contribution in [3.63, 3.8) is 0 Å². The lowest BCUT2D eigenvalue weighted by Crippen LogP contribution is -2.49. The van der Waals surface area contributed by atoms with Gasteiger partial charge in [0.05, 0.1) is 29.6 Å². The van der Waals surface area contributed by atoms with E-state index in [0.717, 1.165) is 54.3 Å². The summed E-state index contributed by atoms with van der Waals surface area (Å²) in [5.41, 5.74) is 2.63. The molecule has 0 spiro atoms. The molecule has 1 atom stereocenters. The number of hydrogen-bond acceptors (Lipinski definition) is 10. The second-order valence-electron chi connectivity index (χ2n) is 15.0. The Morgan fingerprint density at radius 3 is 2.43 bits per heavy atom. The highest BCUT2D eigenvalue weighted by Crippen LogP contribution is 2.37. The zero-order valence-electron chi connectivity index (χ0n) is 30.1. The Morgan fingerprint density at radius 1 is 1.11 bits per heavy atom. The molecule has 1 fully saturated rings. The van der Waals surface area contributed by atoms with Gasteiger partial charge in [-0.1, -0.05) is 38.1 Å². The van der Waals surface area contributed by atoms with E-state index in [-0.39, 0.29) is 17.7 Å². The van der Waals surface area contributed by atoms with Gasteiger partial charge in [-0.3, -0.25) is 0 Å². The van der Waals surface area contributed by atoms with Gasteiger partial charge in [-0.2, -0.15) is 0 Å². The summed E-state index contributed by atoms with van der Waals surface area (Å²) >= 11 is 0. The van der Waals surface area contributed by atoms with Gasteiger partial charge >= 0.3 is 6.09 Å². The van der Waals surface area contributed by atoms with E-state index in [4.69, 9.17) is 28.4 Å². The van der Waals surface area contributed by atoms with E-state index in [1.807, 2.05) is 65.0 Å². The van der Waals surface area contributed by atoms with Crippen LogP contribution in [0.5, 0.6) is 5.75 Å². The summed E-state index contributed by atoms with van der Waals surface area (Å²) in [6.07, 6.45) is 1.28. The largest absolute Gasteiger partial charge is 0.491 e. The van der Waals surface area contributed by atoms with Gasteiger partial charge in [0.1, 0.15) is 29.5 Å². The van der Waals surface area contributed by atoms with E-state index in [0.29, 0.717) is 29.9 Å². The lowest BCUT2D eigenvalue weighted by Gasteiger charge is -2.40. The van der Waals surface area contributed by atoms with Gasteiger partial charge in [0.15, 0.2) is 14.1 Å². The monoisotopic (exact) mass is 666 g/mol. The smallest absolute Gasteiger partial charge is 0.410 e. The topological polar surface area (TPSA) is 124 Å². The summed E-state index contributed by atoms with van der Waals surface area (Å²) in [4.78, 5) is 24.3. The molecule has 0 aliphatic carbocycles. The predicted molar refractivity (Wildman–Crippen MR) is 188 cm³/mol. The molecule has 3 aromatic rings. The van der Waals surface area contributed by atoms with Gasteiger partial charge in [-0.25, -0.2) is 14.8 Å². The highest BCUT2D eigenvalue weighted by Gasteiger charge is 2.40. The summed E-state index contributed by atoms with van der Waals surface area (Å²) in [5, 5.41) is 11.2. The van der Waals surface area contributed by atoms with Gasteiger partial charge in [0.25, 0.3) is 0 Å². The van der Waals surface area contributed by atoms with Gasteiger partial charge < -0.3 is 34.0 Å². The minimum Gasteiger partial charge on any atom is -0.491 e. The Hall–Kier alpha value is -3.48. The normalized spacial score (nSPS) is 15.3. The number of nitrogens with zero attached hydrogens (tertiary/aromatic N) is 4. The fourth-order valence-electron chi connectivity index (χ4n) is 5.15. The molecule has 1 amide bonds. The molecule has 0 bridgehead atoms. The third kappa shape index (κ3) is 10.0.